The predicted octanol–water partition coefficient (Wildman–Crippen LogP) is 4.53. The maximum atomic E-state index is 11.7. The number of thiocarbonyl (C=S) groups is 1. The van der Waals surface area contributed by atoms with Gasteiger partial charge in [-0.1, -0.05) is 12.1 Å². The van der Waals surface area contributed by atoms with Gasteiger partial charge in [0.1, 0.15) is 0 Å². The summed E-state index contributed by atoms with van der Waals surface area (Å²) in [7, 11) is 0. The normalized spacial score (nSPS) is 10.4. The molecular weight excluding hydrogens is 384 g/mol. The Hall–Kier alpha value is -3.19. The van der Waals surface area contributed by atoms with Crippen LogP contribution in [0, 0.1) is 13.8 Å². The lowest BCUT2D eigenvalue weighted by Crippen LogP contribution is -2.19. The van der Waals surface area contributed by atoms with Gasteiger partial charge < -0.3 is 15.4 Å². The van der Waals surface area contributed by atoms with Crippen molar-refractivity contribution in [1.82, 2.24) is 9.78 Å². The van der Waals surface area contributed by atoms with Gasteiger partial charge >= 0.3 is 5.97 Å². The molecule has 0 amide bonds. The average molecular weight is 409 g/mol. The van der Waals surface area contributed by atoms with Crippen LogP contribution in [0.1, 0.15) is 34.2 Å². The van der Waals surface area contributed by atoms with Crippen LogP contribution >= 0.6 is 12.2 Å². The number of nitrogens with zero attached hydrogens (tertiary/aromatic N) is 2. The maximum absolute atomic E-state index is 11.7. The van der Waals surface area contributed by atoms with Gasteiger partial charge in [0.05, 0.1) is 24.4 Å². The minimum atomic E-state index is -0.334. The van der Waals surface area contributed by atoms with E-state index in [-0.39, 0.29) is 5.97 Å². The lowest BCUT2D eigenvalue weighted by Gasteiger charge is -2.12. The third kappa shape index (κ3) is 5.65. The quantitative estimate of drug-likeness (QED) is 0.461. The minimum Gasteiger partial charge on any atom is -0.462 e. The van der Waals surface area contributed by atoms with Gasteiger partial charge in [0.15, 0.2) is 5.11 Å². The number of aryl methyl sites for hydroxylation is 2. The summed E-state index contributed by atoms with van der Waals surface area (Å²) < 4.78 is 6.97. The molecule has 2 N–H and O–H groups in total. The molecule has 0 saturated heterocycles. The second-order valence-electron chi connectivity index (χ2n) is 6.66. The average Bonchev–Trinajstić information content (AvgIpc) is 2.99. The number of aromatic nitrogens is 2. The second-order valence-corrected chi connectivity index (χ2v) is 7.07. The van der Waals surface area contributed by atoms with Crippen molar-refractivity contribution in [3.63, 3.8) is 0 Å². The fourth-order valence-corrected chi connectivity index (χ4v) is 3.19. The second kappa shape index (κ2) is 9.34. The number of hydrogen-bond donors (Lipinski definition) is 2. The Morgan fingerprint density at radius 3 is 2.45 bits per heavy atom. The van der Waals surface area contributed by atoms with Gasteiger partial charge in [-0.2, -0.15) is 5.10 Å². The van der Waals surface area contributed by atoms with Crippen molar-refractivity contribution in [2.45, 2.75) is 27.3 Å². The highest BCUT2D eigenvalue weighted by atomic mass is 32.1. The summed E-state index contributed by atoms with van der Waals surface area (Å²) in [5.74, 6) is -0.334. The standard InChI is InChI=1S/C22H24N4O2S/c1-4-28-21(27)18-8-10-19(11-9-18)23-22(29)24-20-7-5-6-17(13-20)14-26-16(3)12-15(2)25-26/h5-13H,4,14H2,1-3H3,(H2,23,24,29). The van der Waals surface area contributed by atoms with Gasteiger partial charge in [0.25, 0.3) is 0 Å². The Morgan fingerprint density at radius 1 is 1.07 bits per heavy atom. The van der Waals surface area contributed by atoms with Gasteiger partial charge in [-0.3, -0.25) is 4.68 Å². The zero-order valence-corrected chi connectivity index (χ0v) is 17.5. The molecule has 1 aromatic heterocycles. The van der Waals surface area contributed by atoms with Crippen LogP contribution in [0.15, 0.2) is 54.6 Å². The molecule has 0 radical (unpaired) electrons. The Balaban J connectivity index is 1.60. The lowest BCUT2D eigenvalue weighted by molar-refractivity contribution is 0.0526. The van der Waals surface area contributed by atoms with Crippen LogP contribution in [0.5, 0.6) is 0 Å². The third-order valence-corrected chi connectivity index (χ3v) is 4.48. The molecule has 0 unspecified atom stereocenters. The number of carbonyl (C=O) groups excluding carboxylic acids is 1. The van der Waals surface area contributed by atoms with E-state index < -0.39 is 0 Å². The molecule has 0 spiro atoms. The van der Waals surface area contributed by atoms with E-state index in [1.54, 1.807) is 31.2 Å². The fourth-order valence-electron chi connectivity index (χ4n) is 2.95. The molecule has 0 atom stereocenters. The van der Waals surface area contributed by atoms with Crippen molar-refractivity contribution in [1.29, 1.82) is 0 Å². The smallest absolute Gasteiger partial charge is 0.338 e. The Bertz CT molecular complexity index is 1010. The number of nitrogens with one attached hydrogen (secondary N) is 2. The summed E-state index contributed by atoms with van der Waals surface area (Å²) in [6.45, 7) is 6.87. The first-order chi connectivity index (χ1) is 13.9. The highest BCUT2D eigenvalue weighted by Gasteiger charge is 2.07. The number of hydrogen-bond acceptors (Lipinski definition) is 4. The lowest BCUT2D eigenvalue weighted by atomic mass is 10.2. The Labute approximate surface area is 175 Å². The molecule has 3 rings (SSSR count). The zero-order valence-electron chi connectivity index (χ0n) is 16.7. The Morgan fingerprint density at radius 2 is 1.79 bits per heavy atom. The first-order valence-electron chi connectivity index (χ1n) is 9.40. The Kier molecular flexibility index (Phi) is 6.61. The monoisotopic (exact) mass is 408 g/mol. The molecule has 0 aliphatic heterocycles. The van der Waals surface area contributed by atoms with Crippen LogP contribution in [0.4, 0.5) is 11.4 Å². The number of rotatable bonds is 6. The SMILES string of the molecule is CCOC(=O)c1ccc(NC(=S)Nc2cccc(Cn3nc(C)cc3C)c2)cc1. The van der Waals surface area contributed by atoms with Crippen molar-refractivity contribution in [2.75, 3.05) is 17.2 Å². The van der Waals surface area contributed by atoms with Gasteiger partial charge in [-0.15, -0.1) is 0 Å². The molecule has 0 fully saturated rings. The molecule has 1 heterocycles. The topological polar surface area (TPSA) is 68.2 Å². The molecule has 150 valence electrons. The summed E-state index contributed by atoms with van der Waals surface area (Å²) >= 11 is 5.41. The maximum Gasteiger partial charge on any atom is 0.338 e. The fraction of sp³-hybridized carbons (Fsp3) is 0.227. The molecule has 29 heavy (non-hydrogen) atoms. The first kappa shape index (κ1) is 20.5. The van der Waals surface area contributed by atoms with Gasteiger partial charge in [-0.25, -0.2) is 4.79 Å². The van der Waals surface area contributed by atoms with E-state index in [9.17, 15) is 4.79 Å². The number of esters is 1. The minimum absolute atomic E-state index is 0.334. The van der Waals surface area contributed by atoms with E-state index in [1.807, 2.05) is 36.7 Å². The molecule has 7 heteroatoms. The third-order valence-electron chi connectivity index (χ3n) is 4.27. The molecule has 0 saturated carbocycles. The first-order valence-corrected chi connectivity index (χ1v) is 9.80. The van der Waals surface area contributed by atoms with Crippen LogP contribution in [0.25, 0.3) is 0 Å². The van der Waals surface area contributed by atoms with Crippen LogP contribution in [0.3, 0.4) is 0 Å². The summed E-state index contributed by atoms with van der Waals surface area (Å²) in [6, 6.07) is 17.1. The molecule has 0 aliphatic rings. The van der Waals surface area contributed by atoms with Gasteiger partial charge in [0.2, 0.25) is 0 Å². The van der Waals surface area contributed by atoms with Crippen LogP contribution in [-0.2, 0) is 11.3 Å². The van der Waals surface area contributed by atoms with Crippen LogP contribution in [-0.4, -0.2) is 27.5 Å². The van der Waals surface area contributed by atoms with Crippen molar-refractivity contribution in [3.8, 4) is 0 Å². The van der Waals surface area contributed by atoms with E-state index in [4.69, 9.17) is 17.0 Å². The van der Waals surface area contributed by atoms with Crippen molar-refractivity contribution in [3.05, 3.63) is 77.1 Å². The summed E-state index contributed by atoms with van der Waals surface area (Å²) in [4.78, 5) is 11.7. The van der Waals surface area contributed by atoms with Crippen molar-refractivity contribution < 1.29 is 9.53 Å². The molecule has 0 aliphatic carbocycles. The van der Waals surface area contributed by atoms with E-state index in [0.717, 1.165) is 28.3 Å². The van der Waals surface area contributed by atoms with Crippen molar-refractivity contribution in [2.24, 2.45) is 0 Å². The predicted molar refractivity (Wildman–Crippen MR) is 119 cm³/mol. The summed E-state index contributed by atoms with van der Waals surface area (Å²) in [5, 5.41) is 11.3. The van der Waals surface area contributed by atoms with Crippen molar-refractivity contribution >= 4 is 34.7 Å². The van der Waals surface area contributed by atoms with Gasteiger partial charge in [-0.05, 0) is 81.0 Å². The van der Waals surface area contributed by atoms with E-state index >= 15 is 0 Å². The highest BCUT2D eigenvalue weighted by molar-refractivity contribution is 7.80. The van der Waals surface area contributed by atoms with Crippen LogP contribution < -0.4 is 10.6 Å². The molecular formula is C22H24N4O2S. The zero-order chi connectivity index (χ0) is 20.8. The number of anilines is 2. The molecule has 6 nitrogen and oxygen atoms in total. The van der Waals surface area contributed by atoms with Crippen LogP contribution in [0.2, 0.25) is 0 Å². The molecule has 3 aromatic rings. The van der Waals surface area contributed by atoms with Gasteiger partial charge in [0, 0.05) is 17.1 Å². The number of carbonyl (C=O) groups is 1. The van der Waals surface area contributed by atoms with E-state index in [0.29, 0.717) is 23.8 Å². The molecule has 0 bridgehead atoms. The van der Waals surface area contributed by atoms with E-state index in [1.165, 1.54) is 0 Å². The summed E-state index contributed by atoms with van der Waals surface area (Å²) in [6.07, 6.45) is 0. The highest BCUT2D eigenvalue weighted by Crippen LogP contribution is 2.15. The van der Waals surface area contributed by atoms with E-state index in [2.05, 4.69) is 27.9 Å². The summed E-state index contributed by atoms with van der Waals surface area (Å²) in [5.41, 5.74) is 5.45. The molecule has 2 aromatic carbocycles. The number of benzene rings is 2. The number of ether oxygens (including phenoxy) is 1. The largest absolute Gasteiger partial charge is 0.462 e.